The Morgan fingerprint density at radius 3 is 1.56 bits per heavy atom. The molecule has 48 heavy (non-hydrogen) atoms. The van der Waals surface area contributed by atoms with E-state index in [1.165, 1.54) is 6.08 Å². The van der Waals surface area contributed by atoms with Crippen LogP contribution in [0.5, 0.6) is 23.0 Å². The van der Waals surface area contributed by atoms with Gasteiger partial charge in [0.1, 0.15) is 29.6 Å². The zero-order chi connectivity index (χ0) is 34.4. The predicted octanol–water partition coefficient (Wildman–Crippen LogP) is 8.13. The van der Waals surface area contributed by atoms with Gasteiger partial charge < -0.3 is 28.4 Å². The molecule has 0 saturated heterocycles. The number of carbonyl (C=O) groups is 3. The second-order valence-electron chi connectivity index (χ2n) is 11.0. The summed E-state index contributed by atoms with van der Waals surface area (Å²) in [5, 5.41) is 0. The van der Waals surface area contributed by atoms with Crippen molar-refractivity contribution in [3.05, 3.63) is 109 Å². The van der Waals surface area contributed by atoms with Crippen molar-refractivity contribution < 1.29 is 42.8 Å². The molecule has 0 saturated carbocycles. The molecule has 0 spiro atoms. The number of carbonyl (C=O) groups excluding carboxylic acids is 3. The van der Waals surface area contributed by atoms with Crippen molar-refractivity contribution in [1.82, 2.24) is 0 Å². The SMILES string of the molecule is C=CC(=O)OCCCCCCOc1ccc(COc2ccc(OC(=O)c3ccc(OCCCCCCOC(=O)C=C)cc3)c(C)c2)cc1. The molecule has 9 nitrogen and oxygen atoms in total. The Hall–Kier alpha value is -5.05. The normalized spacial score (nSPS) is 10.4. The lowest BCUT2D eigenvalue weighted by molar-refractivity contribution is -0.138. The molecule has 3 rings (SSSR count). The fraction of sp³-hybridized carbons (Fsp3) is 0.359. The Labute approximate surface area is 283 Å². The molecular formula is C39H46O9. The van der Waals surface area contributed by atoms with Gasteiger partial charge in [-0.3, -0.25) is 0 Å². The molecule has 9 heteroatoms. The molecule has 0 atom stereocenters. The Kier molecular flexibility index (Phi) is 16.9. The van der Waals surface area contributed by atoms with Gasteiger partial charge >= 0.3 is 17.9 Å². The number of hydrogen-bond acceptors (Lipinski definition) is 9. The minimum absolute atomic E-state index is 0.381. The molecule has 0 radical (unpaired) electrons. The monoisotopic (exact) mass is 658 g/mol. The first kappa shape index (κ1) is 37.4. The van der Waals surface area contributed by atoms with Crippen molar-refractivity contribution in [3.63, 3.8) is 0 Å². The van der Waals surface area contributed by atoms with Crippen LogP contribution in [0.3, 0.4) is 0 Å². The molecule has 0 aliphatic carbocycles. The highest BCUT2D eigenvalue weighted by atomic mass is 16.5. The van der Waals surface area contributed by atoms with Gasteiger partial charge in [-0.1, -0.05) is 25.3 Å². The number of aryl methyl sites for hydroxylation is 1. The van der Waals surface area contributed by atoms with Crippen LogP contribution in [0.15, 0.2) is 92.0 Å². The zero-order valence-corrected chi connectivity index (χ0v) is 27.8. The summed E-state index contributed by atoms with van der Waals surface area (Å²) < 4.78 is 33.1. The van der Waals surface area contributed by atoms with Crippen LogP contribution in [-0.4, -0.2) is 44.3 Å². The summed E-state index contributed by atoms with van der Waals surface area (Å²) in [5.74, 6) is 1.39. The average molecular weight is 659 g/mol. The van der Waals surface area contributed by atoms with Crippen molar-refractivity contribution in [2.24, 2.45) is 0 Å². The van der Waals surface area contributed by atoms with Gasteiger partial charge in [-0.2, -0.15) is 0 Å². The topological polar surface area (TPSA) is 107 Å². The van der Waals surface area contributed by atoms with Crippen LogP contribution >= 0.6 is 0 Å². The maximum Gasteiger partial charge on any atom is 0.343 e. The van der Waals surface area contributed by atoms with Crippen LogP contribution in [-0.2, 0) is 25.7 Å². The fourth-order valence-electron chi connectivity index (χ4n) is 4.48. The van der Waals surface area contributed by atoms with Crippen molar-refractivity contribution in [2.45, 2.75) is 64.9 Å². The van der Waals surface area contributed by atoms with E-state index in [4.69, 9.17) is 28.4 Å². The fourth-order valence-corrected chi connectivity index (χ4v) is 4.48. The molecule has 0 aliphatic heterocycles. The highest BCUT2D eigenvalue weighted by Crippen LogP contribution is 2.26. The number of hydrogen-bond donors (Lipinski definition) is 0. The van der Waals surface area contributed by atoms with Gasteiger partial charge in [-0.15, -0.1) is 0 Å². The zero-order valence-electron chi connectivity index (χ0n) is 27.8. The van der Waals surface area contributed by atoms with Gasteiger partial charge in [-0.25, -0.2) is 14.4 Å². The van der Waals surface area contributed by atoms with E-state index >= 15 is 0 Å². The predicted molar refractivity (Wildman–Crippen MR) is 184 cm³/mol. The van der Waals surface area contributed by atoms with Crippen molar-refractivity contribution >= 4 is 17.9 Å². The van der Waals surface area contributed by atoms with Gasteiger partial charge in [0.25, 0.3) is 0 Å². The second kappa shape index (κ2) is 21.7. The molecule has 3 aromatic carbocycles. The Morgan fingerprint density at radius 1 is 0.583 bits per heavy atom. The van der Waals surface area contributed by atoms with Crippen LogP contribution in [0, 0.1) is 6.92 Å². The highest BCUT2D eigenvalue weighted by molar-refractivity contribution is 5.91. The molecule has 0 fully saturated rings. The number of unbranched alkanes of at least 4 members (excludes halogenated alkanes) is 6. The van der Waals surface area contributed by atoms with Crippen molar-refractivity contribution in [2.75, 3.05) is 26.4 Å². The van der Waals surface area contributed by atoms with Crippen LogP contribution in [0.1, 0.15) is 72.9 Å². The summed E-state index contributed by atoms with van der Waals surface area (Å²) in [4.78, 5) is 34.8. The van der Waals surface area contributed by atoms with Crippen molar-refractivity contribution in [1.29, 1.82) is 0 Å². The summed E-state index contributed by atoms with van der Waals surface area (Å²) in [6.07, 6.45) is 9.65. The quantitative estimate of drug-likeness (QED) is 0.0432. The lowest BCUT2D eigenvalue weighted by Crippen LogP contribution is -2.09. The van der Waals surface area contributed by atoms with Crippen LogP contribution in [0.2, 0.25) is 0 Å². The average Bonchev–Trinajstić information content (AvgIpc) is 3.11. The van der Waals surface area contributed by atoms with Gasteiger partial charge in [0, 0.05) is 12.2 Å². The summed E-state index contributed by atoms with van der Waals surface area (Å²) in [6.45, 7) is 11.0. The maximum atomic E-state index is 12.8. The Balaban J connectivity index is 1.31. The minimum Gasteiger partial charge on any atom is -0.494 e. The van der Waals surface area contributed by atoms with Crippen molar-refractivity contribution in [3.8, 4) is 23.0 Å². The highest BCUT2D eigenvalue weighted by Gasteiger charge is 2.12. The summed E-state index contributed by atoms with van der Waals surface area (Å²) in [6, 6.07) is 20.0. The lowest BCUT2D eigenvalue weighted by atomic mass is 10.2. The molecule has 0 heterocycles. The molecule has 0 amide bonds. The maximum absolute atomic E-state index is 12.8. The first-order chi connectivity index (χ1) is 23.4. The van der Waals surface area contributed by atoms with E-state index in [0.717, 1.165) is 74.3 Å². The minimum atomic E-state index is -0.454. The van der Waals surface area contributed by atoms with Crippen LogP contribution in [0.4, 0.5) is 0 Å². The van der Waals surface area contributed by atoms with E-state index < -0.39 is 11.9 Å². The third-order valence-electron chi connectivity index (χ3n) is 7.20. The van der Waals surface area contributed by atoms with Gasteiger partial charge in [0.15, 0.2) is 0 Å². The number of ether oxygens (including phenoxy) is 6. The molecule has 0 aliphatic rings. The van der Waals surface area contributed by atoms with Gasteiger partial charge in [-0.05, 0) is 124 Å². The lowest BCUT2D eigenvalue weighted by Gasteiger charge is -2.12. The molecular weight excluding hydrogens is 612 g/mol. The van der Waals surface area contributed by atoms with Gasteiger partial charge in [0.05, 0.1) is 32.0 Å². The largest absolute Gasteiger partial charge is 0.494 e. The van der Waals surface area contributed by atoms with Crippen LogP contribution in [0.25, 0.3) is 0 Å². The Bertz CT molecular complexity index is 1450. The van der Waals surface area contributed by atoms with E-state index in [1.54, 1.807) is 36.4 Å². The smallest absolute Gasteiger partial charge is 0.343 e. The molecule has 256 valence electrons. The third kappa shape index (κ3) is 14.6. The number of rotatable bonds is 23. The number of esters is 3. The van der Waals surface area contributed by atoms with Gasteiger partial charge in [0.2, 0.25) is 0 Å². The summed E-state index contributed by atoms with van der Waals surface area (Å²) in [7, 11) is 0. The van der Waals surface area contributed by atoms with E-state index in [9.17, 15) is 14.4 Å². The second-order valence-corrected chi connectivity index (χ2v) is 11.0. The third-order valence-corrected chi connectivity index (χ3v) is 7.20. The van der Waals surface area contributed by atoms with E-state index in [0.29, 0.717) is 55.8 Å². The molecule has 0 aromatic heterocycles. The molecule has 0 bridgehead atoms. The molecule has 0 N–H and O–H groups in total. The van der Waals surface area contributed by atoms with Crippen LogP contribution < -0.4 is 18.9 Å². The summed E-state index contributed by atoms with van der Waals surface area (Å²) >= 11 is 0. The van der Waals surface area contributed by atoms with E-state index in [2.05, 4.69) is 13.2 Å². The van der Waals surface area contributed by atoms with E-state index in [1.807, 2.05) is 37.3 Å². The summed E-state index contributed by atoms with van der Waals surface area (Å²) in [5.41, 5.74) is 2.20. The molecule has 3 aromatic rings. The molecule has 0 unspecified atom stereocenters. The first-order valence-corrected chi connectivity index (χ1v) is 16.4. The van der Waals surface area contributed by atoms with E-state index in [-0.39, 0.29) is 5.97 Å². The Morgan fingerprint density at radius 2 is 1.06 bits per heavy atom. The number of benzene rings is 3. The standard InChI is InChI=1S/C39H46O9/c1-4-37(40)45-26-12-8-6-10-24-43-33-18-14-31(15-19-33)29-47-35-22-23-36(30(3)28-35)48-39(42)32-16-20-34(21-17-32)44-25-11-7-9-13-27-46-38(41)5-2/h4-5,14-23,28H,1-2,6-13,24-27,29H2,3H3. The first-order valence-electron chi connectivity index (χ1n) is 16.4.